The van der Waals surface area contributed by atoms with E-state index in [0.29, 0.717) is 0 Å². The van der Waals surface area contributed by atoms with Crippen LogP contribution in [0.5, 0.6) is 0 Å². The number of nitrogens with one attached hydrogen (secondary N) is 1. The molecule has 6 atom stereocenters. The van der Waals surface area contributed by atoms with E-state index in [1.54, 1.807) is 0 Å². The lowest BCUT2D eigenvalue weighted by Gasteiger charge is -2.46. The van der Waals surface area contributed by atoms with Crippen LogP contribution in [0.2, 0.25) is 0 Å². The van der Waals surface area contributed by atoms with E-state index in [0.717, 1.165) is 0 Å². The van der Waals surface area contributed by atoms with Crippen LogP contribution in [0.25, 0.3) is 0 Å². The Balaban J connectivity index is 3.19. The number of rotatable bonds is 7. The molecule has 23 heavy (non-hydrogen) atoms. The van der Waals surface area contributed by atoms with E-state index in [2.05, 4.69) is 11.9 Å². The molecule has 0 aromatic carbocycles. The molecule has 0 aromatic heterocycles. The van der Waals surface area contributed by atoms with Gasteiger partial charge in [0.05, 0.1) is 18.8 Å². The summed E-state index contributed by atoms with van der Waals surface area (Å²) in [4.78, 5) is 22.9. The third-order valence-corrected chi connectivity index (χ3v) is 3.82. The first-order valence-electron chi connectivity index (χ1n) is 7.12. The maximum absolute atomic E-state index is 11.6. The minimum Gasteiger partial charge on any atom is -0.479 e. The summed E-state index contributed by atoms with van der Waals surface area (Å²) in [6.07, 6.45) is -5.30. The van der Waals surface area contributed by atoms with Crippen molar-refractivity contribution in [3.8, 4) is 0 Å². The van der Waals surface area contributed by atoms with Gasteiger partial charge >= 0.3 is 5.97 Å². The summed E-state index contributed by atoms with van der Waals surface area (Å²) in [5.74, 6) is -1.90. The Labute approximate surface area is 133 Å². The number of carbonyl (C=O) groups excluding carboxylic acids is 1. The number of aliphatic hydroxyl groups excluding tert-OH is 4. The topological polar surface area (TPSA) is 157 Å². The quantitative estimate of drug-likeness (QED) is 0.285. The fourth-order valence-corrected chi connectivity index (χ4v) is 2.68. The molecule has 1 fully saturated rings. The van der Waals surface area contributed by atoms with Crippen molar-refractivity contribution in [2.75, 3.05) is 6.61 Å². The summed E-state index contributed by atoms with van der Waals surface area (Å²) >= 11 is 0. The summed E-state index contributed by atoms with van der Waals surface area (Å²) in [7, 11) is 0. The summed E-state index contributed by atoms with van der Waals surface area (Å²) in [5, 5.41) is 50.8. The van der Waals surface area contributed by atoms with Gasteiger partial charge < -0.3 is 35.6 Å². The molecule has 1 saturated heterocycles. The average Bonchev–Trinajstić information content (AvgIpc) is 2.47. The molecule has 1 amide bonds. The zero-order valence-corrected chi connectivity index (χ0v) is 12.8. The summed E-state index contributed by atoms with van der Waals surface area (Å²) in [6.45, 7) is 3.83. The number of aliphatic carboxylic acids is 1. The highest BCUT2D eigenvalue weighted by Crippen LogP contribution is 2.35. The van der Waals surface area contributed by atoms with Crippen LogP contribution in [0.1, 0.15) is 19.8 Å². The second kappa shape index (κ2) is 7.84. The van der Waals surface area contributed by atoms with E-state index in [-0.39, 0.29) is 12.8 Å². The van der Waals surface area contributed by atoms with Gasteiger partial charge in [0.1, 0.15) is 18.3 Å². The SMILES string of the molecule is C=CC[C@]1(C(=O)O)C[C@H](O)[C@@H](NC(C)=O)[C@H](C(O)C(O)CO)O1. The average molecular weight is 333 g/mol. The number of aliphatic hydroxyl groups is 4. The Bertz CT molecular complexity index is 456. The summed E-state index contributed by atoms with van der Waals surface area (Å²) in [5.41, 5.74) is -1.85. The molecular weight excluding hydrogens is 310 g/mol. The molecule has 6 N–H and O–H groups in total. The van der Waals surface area contributed by atoms with Crippen LogP contribution in [0, 0.1) is 0 Å². The number of amides is 1. The lowest BCUT2D eigenvalue weighted by molar-refractivity contribution is -0.228. The number of carbonyl (C=O) groups is 2. The molecule has 0 radical (unpaired) electrons. The van der Waals surface area contributed by atoms with Crippen molar-refractivity contribution in [2.24, 2.45) is 0 Å². The molecule has 9 nitrogen and oxygen atoms in total. The van der Waals surface area contributed by atoms with Crippen LogP contribution in [0.3, 0.4) is 0 Å². The smallest absolute Gasteiger partial charge is 0.336 e. The highest BCUT2D eigenvalue weighted by molar-refractivity contribution is 5.78. The van der Waals surface area contributed by atoms with E-state index in [1.165, 1.54) is 13.0 Å². The van der Waals surface area contributed by atoms with Crippen molar-refractivity contribution in [2.45, 2.75) is 55.8 Å². The monoisotopic (exact) mass is 333 g/mol. The molecule has 0 aromatic rings. The number of hydrogen-bond donors (Lipinski definition) is 6. The molecular formula is C14H23NO8. The molecule has 1 heterocycles. The zero-order valence-electron chi connectivity index (χ0n) is 12.8. The number of carboxylic acids is 1. The second-order valence-corrected chi connectivity index (χ2v) is 5.61. The van der Waals surface area contributed by atoms with Gasteiger partial charge in [0.25, 0.3) is 0 Å². The number of carboxylic acid groups (broad SMARTS) is 1. The van der Waals surface area contributed by atoms with Gasteiger partial charge in [0.2, 0.25) is 5.91 Å². The molecule has 0 aliphatic carbocycles. The van der Waals surface area contributed by atoms with Crippen molar-refractivity contribution in [1.82, 2.24) is 5.32 Å². The first-order valence-corrected chi connectivity index (χ1v) is 7.12. The standard InChI is InChI=1S/C14H23NO8/c1-3-4-14(13(21)22)5-8(18)10(15-7(2)17)12(23-14)11(20)9(19)6-16/h3,8-12,16,18-20H,1,4-6H2,2H3,(H,15,17)(H,21,22)/t8-,9?,10+,11?,12+,14+/m0/s1. The Morgan fingerprint density at radius 1 is 1.48 bits per heavy atom. The molecule has 9 heteroatoms. The maximum atomic E-state index is 11.6. The van der Waals surface area contributed by atoms with E-state index >= 15 is 0 Å². The van der Waals surface area contributed by atoms with Gasteiger partial charge in [-0.25, -0.2) is 4.79 Å². The van der Waals surface area contributed by atoms with Gasteiger partial charge in [-0.2, -0.15) is 0 Å². The minimum absolute atomic E-state index is 0.148. The predicted molar refractivity (Wildman–Crippen MR) is 77.4 cm³/mol. The van der Waals surface area contributed by atoms with Gasteiger partial charge in [0.15, 0.2) is 5.60 Å². The van der Waals surface area contributed by atoms with Crippen molar-refractivity contribution in [1.29, 1.82) is 0 Å². The summed E-state index contributed by atoms with van der Waals surface area (Å²) in [6, 6.07) is -1.14. The van der Waals surface area contributed by atoms with E-state index in [1.807, 2.05) is 0 Å². The molecule has 0 saturated carbocycles. The normalized spacial score (nSPS) is 33.5. The first-order chi connectivity index (χ1) is 10.7. The fraction of sp³-hybridized carbons (Fsp3) is 0.714. The number of ether oxygens (including phenoxy) is 1. The van der Waals surface area contributed by atoms with Crippen LogP contribution in [0.15, 0.2) is 12.7 Å². The molecule has 0 spiro atoms. The third-order valence-electron chi connectivity index (χ3n) is 3.82. The Hall–Kier alpha value is -1.52. The van der Waals surface area contributed by atoms with Crippen LogP contribution in [0.4, 0.5) is 0 Å². The molecule has 132 valence electrons. The van der Waals surface area contributed by atoms with Crippen molar-refractivity contribution in [3.05, 3.63) is 12.7 Å². The van der Waals surface area contributed by atoms with E-state index < -0.39 is 54.5 Å². The first kappa shape index (κ1) is 19.5. The Morgan fingerprint density at radius 3 is 2.52 bits per heavy atom. The van der Waals surface area contributed by atoms with Gasteiger partial charge in [-0.3, -0.25) is 4.79 Å². The van der Waals surface area contributed by atoms with Crippen molar-refractivity contribution in [3.63, 3.8) is 0 Å². The highest BCUT2D eigenvalue weighted by Gasteiger charge is 2.53. The molecule has 0 bridgehead atoms. The third kappa shape index (κ3) is 4.27. The van der Waals surface area contributed by atoms with Gasteiger partial charge in [0, 0.05) is 19.8 Å². The van der Waals surface area contributed by atoms with Crippen molar-refractivity contribution < 1.29 is 39.9 Å². The minimum atomic E-state index is -1.85. The van der Waals surface area contributed by atoms with Crippen LogP contribution >= 0.6 is 0 Å². The van der Waals surface area contributed by atoms with Gasteiger partial charge in [-0.1, -0.05) is 6.08 Å². The second-order valence-electron chi connectivity index (χ2n) is 5.61. The molecule has 1 aliphatic heterocycles. The molecule has 2 unspecified atom stereocenters. The molecule has 1 aliphatic rings. The molecule has 1 rings (SSSR count). The van der Waals surface area contributed by atoms with Crippen LogP contribution < -0.4 is 5.32 Å². The van der Waals surface area contributed by atoms with Crippen LogP contribution in [-0.2, 0) is 14.3 Å². The zero-order chi connectivity index (χ0) is 17.8. The highest BCUT2D eigenvalue weighted by atomic mass is 16.6. The lowest BCUT2D eigenvalue weighted by Crippen LogP contribution is -2.67. The largest absolute Gasteiger partial charge is 0.479 e. The fourth-order valence-electron chi connectivity index (χ4n) is 2.68. The van der Waals surface area contributed by atoms with Crippen LogP contribution in [-0.4, -0.2) is 80.1 Å². The lowest BCUT2D eigenvalue weighted by atomic mass is 9.82. The predicted octanol–water partition coefficient (Wildman–Crippen LogP) is -2.25. The Morgan fingerprint density at radius 2 is 2.09 bits per heavy atom. The van der Waals surface area contributed by atoms with E-state index in [4.69, 9.17) is 9.84 Å². The summed E-state index contributed by atoms with van der Waals surface area (Å²) < 4.78 is 5.48. The van der Waals surface area contributed by atoms with Gasteiger partial charge in [-0.15, -0.1) is 6.58 Å². The maximum Gasteiger partial charge on any atom is 0.336 e. The van der Waals surface area contributed by atoms with E-state index in [9.17, 15) is 30.0 Å². The van der Waals surface area contributed by atoms with Crippen molar-refractivity contribution >= 4 is 11.9 Å². The number of hydrogen-bond acceptors (Lipinski definition) is 7. The van der Waals surface area contributed by atoms with Gasteiger partial charge in [-0.05, 0) is 0 Å². The Kier molecular flexibility index (Phi) is 6.66.